The highest BCUT2D eigenvalue weighted by Gasteiger charge is 2.17. The molecule has 0 aliphatic heterocycles. The van der Waals surface area contributed by atoms with Gasteiger partial charge in [0, 0.05) is 12.0 Å². The van der Waals surface area contributed by atoms with Gasteiger partial charge in [0.1, 0.15) is 11.6 Å². The summed E-state index contributed by atoms with van der Waals surface area (Å²) in [5.41, 5.74) is -0.237. The molecule has 1 nitrogen and oxygen atoms in total. The fourth-order valence-corrected chi connectivity index (χ4v) is 2.80. The van der Waals surface area contributed by atoms with Crippen molar-refractivity contribution in [3.05, 3.63) is 55.1 Å². The normalized spacial score (nSPS) is 10.7. The topological polar surface area (TPSA) is 17.1 Å². The molecule has 0 N–H and O–H groups in total. The minimum absolute atomic E-state index is 0.135. The number of hydrogen-bond acceptors (Lipinski definition) is 2. The van der Waals surface area contributed by atoms with Gasteiger partial charge in [-0.25, -0.2) is 8.78 Å². The quantitative estimate of drug-likeness (QED) is 0.570. The Kier molecular flexibility index (Phi) is 4.14. The van der Waals surface area contributed by atoms with Crippen molar-refractivity contribution < 1.29 is 13.6 Å². The van der Waals surface area contributed by atoms with E-state index in [0.717, 1.165) is 17.4 Å². The fourth-order valence-electron chi connectivity index (χ4n) is 1.44. The Hall–Kier alpha value is -0.780. The summed E-state index contributed by atoms with van der Waals surface area (Å²) < 4.78 is 27.8. The number of rotatable bonds is 3. The lowest BCUT2D eigenvalue weighted by atomic mass is 10.1. The summed E-state index contributed by atoms with van der Waals surface area (Å²) in [6, 6.07) is 5.51. The Labute approximate surface area is 120 Å². The molecule has 1 aromatic carbocycles. The van der Waals surface area contributed by atoms with Gasteiger partial charge < -0.3 is 0 Å². The van der Waals surface area contributed by atoms with Crippen molar-refractivity contribution in [2.45, 2.75) is 6.42 Å². The molecule has 0 aliphatic carbocycles. The minimum Gasteiger partial charge on any atom is -0.293 e. The highest BCUT2D eigenvalue weighted by molar-refractivity contribution is 9.10. The van der Waals surface area contributed by atoms with Crippen molar-refractivity contribution in [3.8, 4) is 0 Å². The van der Waals surface area contributed by atoms with Gasteiger partial charge in [0.25, 0.3) is 0 Å². The Morgan fingerprint density at radius 3 is 2.61 bits per heavy atom. The van der Waals surface area contributed by atoms with Gasteiger partial charge in [0.05, 0.1) is 13.7 Å². The predicted octanol–water partition coefficient (Wildman–Crippen LogP) is 4.87. The Morgan fingerprint density at radius 2 is 2.00 bits per heavy atom. The van der Waals surface area contributed by atoms with Crippen LogP contribution in [0.5, 0.6) is 0 Å². The lowest BCUT2D eigenvalue weighted by Crippen LogP contribution is -2.06. The monoisotopic (exact) mass is 350 g/mol. The third-order valence-corrected chi connectivity index (χ3v) is 4.21. The number of carbonyl (C=O) groups is 1. The first kappa shape index (κ1) is 13.6. The zero-order valence-electron chi connectivity index (χ0n) is 8.84. The molecule has 2 rings (SSSR count). The van der Waals surface area contributed by atoms with E-state index >= 15 is 0 Å². The number of halogens is 4. The molecule has 0 fully saturated rings. The molecule has 2 aromatic rings. The van der Waals surface area contributed by atoms with E-state index < -0.39 is 11.6 Å². The SMILES string of the molecule is O=C(Cc1c(F)ccc(Br)c1F)c1ccc(Cl)s1. The minimum atomic E-state index is -0.744. The van der Waals surface area contributed by atoms with Crippen molar-refractivity contribution in [1.82, 2.24) is 0 Å². The lowest BCUT2D eigenvalue weighted by molar-refractivity contribution is 0.0994. The second-order valence-corrected chi connectivity index (χ2v) is 6.09. The Bertz CT molecular complexity index is 612. The molecule has 1 heterocycles. The molecule has 0 spiro atoms. The molecule has 0 bridgehead atoms. The zero-order chi connectivity index (χ0) is 13.3. The number of benzene rings is 1. The molecule has 0 unspecified atom stereocenters. The summed E-state index contributed by atoms with van der Waals surface area (Å²) in [4.78, 5) is 12.2. The van der Waals surface area contributed by atoms with E-state index in [1.165, 1.54) is 6.07 Å². The van der Waals surface area contributed by atoms with Crippen LogP contribution in [0.15, 0.2) is 28.7 Å². The molecule has 0 radical (unpaired) electrons. The van der Waals surface area contributed by atoms with Crippen LogP contribution >= 0.6 is 38.9 Å². The maximum atomic E-state index is 13.7. The Balaban J connectivity index is 2.30. The Morgan fingerprint density at radius 1 is 1.28 bits per heavy atom. The standard InChI is InChI=1S/C12H6BrClF2OS/c13-7-1-2-8(15)6(12(7)16)5-9(17)10-3-4-11(14)18-10/h1-4H,5H2. The first-order valence-corrected chi connectivity index (χ1v) is 6.88. The second-order valence-electron chi connectivity index (χ2n) is 3.53. The summed E-state index contributed by atoms with van der Waals surface area (Å²) in [5.74, 6) is -1.83. The van der Waals surface area contributed by atoms with Crippen molar-refractivity contribution in [3.63, 3.8) is 0 Å². The number of hydrogen-bond donors (Lipinski definition) is 0. The molecule has 0 atom stereocenters. The number of carbonyl (C=O) groups excluding carboxylic acids is 1. The largest absolute Gasteiger partial charge is 0.293 e. The summed E-state index contributed by atoms with van der Waals surface area (Å²) in [5, 5.41) is 0. The van der Waals surface area contributed by atoms with E-state index in [1.807, 2.05) is 0 Å². The molecule has 0 aliphatic rings. The molecule has 1 aromatic heterocycles. The highest BCUT2D eigenvalue weighted by atomic mass is 79.9. The van der Waals surface area contributed by atoms with Crippen LogP contribution in [-0.2, 0) is 6.42 Å². The predicted molar refractivity (Wildman–Crippen MR) is 71.4 cm³/mol. The number of thiophene rings is 1. The second kappa shape index (κ2) is 5.47. The lowest BCUT2D eigenvalue weighted by Gasteiger charge is -2.05. The average Bonchev–Trinajstić information content (AvgIpc) is 2.76. The van der Waals surface area contributed by atoms with E-state index in [4.69, 9.17) is 11.6 Å². The van der Waals surface area contributed by atoms with Crippen LogP contribution in [0.25, 0.3) is 0 Å². The van der Waals surface area contributed by atoms with E-state index in [-0.39, 0.29) is 22.2 Å². The zero-order valence-corrected chi connectivity index (χ0v) is 12.0. The third kappa shape index (κ3) is 2.79. The van der Waals surface area contributed by atoms with E-state index in [0.29, 0.717) is 9.21 Å². The molecule has 94 valence electrons. The van der Waals surface area contributed by atoms with Crippen LogP contribution in [-0.4, -0.2) is 5.78 Å². The smallest absolute Gasteiger partial charge is 0.177 e. The van der Waals surface area contributed by atoms with Gasteiger partial charge in [-0.05, 0) is 40.2 Å². The first-order valence-electron chi connectivity index (χ1n) is 4.90. The van der Waals surface area contributed by atoms with E-state index in [2.05, 4.69) is 15.9 Å². The number of ketones is 1. The maximum absolute atomic E-state index is 13.7. The van der Waals surface area contributed by atoms with E-state index in [1.54, 1.807) is 12.1 Å². The summed E-state index contributed by atoms with van der Waals surface area (Å²) in [7, 11) is 0. The molecule has 0 saturated carbocycles. The van der Waals surface area contributed by atoms with Gasteiger partial charge in [-0.1, -0.05) is 11.6 Å². The molecule has 0 amide bonds. The molecular weight excluding hydrogens is 346 g/mol. The van der Waals surface area contributed by atoms with Crippen molar-refractivity contribution in [2.24, 2.45) is 0 Å². The molecule has 0 saturated heterocycles. The molecule has 18 heavy (non-hydrogen) atoms. The van der Waals surface area contributed by atoms with Crippen LogP contribution in [0.4, 0.5) is 8.78 Å². The highest BCUT2D eigenvalue weighted by Crippen LogP contribution is 2.26. The molecule has 6 heteroatoms. The van der Waals surface area contributed by atoms with Gasteiger partial charge in [-0.15, -0.1) is 11.3 Å². The van der Waals surface area contributed by atoms with Crippen LogP contribution in [0.2, 0.25) is 4.34 Å². The van der Waals surface area contributed by atoms with Crippen molar-refractivity contribution >= 4 is 44.7 Å². The van der Waals surface area contributed by atoms with Gasteiger partial charge >= 0.3 is 0 Å². The molecular formula is C12H6BrClF2OS. The van der Waals surface area contributed by atoms with Gasteiger partial charge in [0.2, 0.25) is 0 Å². The van der Waals surface area contributed by atoms with Gasteiger partial charge in [-0.3, -0.25) is 4.79 Å². The summed E-state index contributed by atoms with van der Waals surface area (Å²) >= 11 is 9.76. The third-order valence-electron chi connectivity index (χ3n) is 2.32. The van der Waals surface area contributed by atoms with Crippen molar-refractivity contribution in [2.75, 3.05) is 0 Å². The first-order chi connectivity index (χ1) is 8.49. The summed E-state index contributed by atoms with van der Waals surface area (Å²) in [6.45, 7) is 0. The van der Waals surface area contributed by atoms with Crippen molar-refractivity contribution in [1.29, 1.82) is 0 Å². The van der Waals surface area contributed by atoms with Gasteiger partial charge in [0.15, 0.2) is 5.78 Å². The van der Waals surface area contributed by atoms with E-state index in [9.17, 15) is 13.6 Å². The maximum Gasteiger partial charge on any atom is 0.177 e. The number of Topliss-reactive ketones (excluding diaryl/α,β-unsaturated/α-hetero) is 1. The average molecular weight is 352 g/mol. The summed E-state index contributed by atoms with van der Waals surface area (Å²) in [6.07, 6.45) is -0.325. The fraction of sp³-hybridized carbons (Fsp3) is 0.0833. The van der Waals surface area contributed by atoms with Gasteiger partial charge in [-0.2, -0.15) is 0 Å². The van der Waals surface area contributed by atoms with Crippen LogP contribution in [0.1, 0.15) is 15.2 Å². The van der Waals surface area contributed by atoms with Crippen LogP contribution in [0.3, 0.4) is 0 Å². The van der Waals surface area contributed by atoms with Crippen LogP contribution < -0.4 is 0 Å². The van der Waals surface area contributed by atoms with Crippen LogP contribution in [0, 0.1) is 11.6 Å².